The first-order valence-corrected chi connectivity index (χ1v) is 5.78. The predicted octanol–water partition coefficient (Wildman–Crippen LogP) is 0.740. The van der Waals surface area contributed by atoms with Crippen LogP contribution in [0, 0.1) is 5.92 Å². The second-order valence-electron chi connectivity index (χ2n) is 4.27. The third kappa shape index (κ3) is 4.59. The van der Waals surface area contributed by atoms with Crippen molar-refractivity contribution in [3.05, 3.63) is 29.8 Å². The van der Waals surface area contributed by atoms with Crippen molar-refractivity contribution < 1.29 is 24.5 Å². The number of carbonyl (C=O) groups is 2. The molecule has 4 N–H and O–H groups in total. The summed E-state index contributed by atoms with van der Waals surface area (Å²) < 4.78 is 5.00. The van der Waals surface area contributed by atoms with Crippen molar-refractivity contribution in [3.63, 3.8) is 0 Å². The lowest BCUT2D eigenvalue weighted by Crippen LogP contribution is -2.35. The van der Waals surface area contributed by atoms with Crippen molar-refractivity contribution in [1.29, 1.82) is 0 Å². The Hall–Kier alpha value is -2.08. The summed E-state index contributed by atoms with van der Waals surface area (Å²) in [6.07, 6.45) is 0.136. The topological polar surface area (TPSA) is 110 Å². The van der Waals surface area contributed by atoms with Crippen molar-refractivity contribution in [1.82, 2.24) is 0 Å². The summed E-state index contributed by atoms with van der Waals surface area (Å²) in [4.78, 5) is 21.8. The van der Waals surface area contributed by atoms with Crippen LogP contribution in [0.15, 0.2) is 24.3 Å². The summed E-state index contributed by atoms with van der Waals surface area (Å²) in [6.45, 7) is 0. The minimum Gasteiger partial charge on any atom is -0.497 e. The molecule has 0 aliphatic carbocycles. The predicted molar refractivity (Wildman–Crippen MR) is 68.1 cm³/mol. The molecule has 0 aliphatic rings. The van der Waals surface area contributed by atoms with Crippen LogP contribution in [0.3, 0.4) is 0 Å². The standard InChI is InChI=1S/C13H17NO5/c1-19-10-4-2-8(3-5-10)6-9(12(15)16)7-11(14)13(17)18/h2-5,9,11H,6-7,14H2,1H3,(H,15,16)(H,17,18)/t9-,11-/m0/s1. The molecule has 19 heavy (non-hydrogen) atoms. The molecule has 0 amide bonds. The van der Waals surface area contributed by atoms with E-state index in [2.05, 4.69) is 0 Å². The van der Waals surface area contributed by atoms with E-state index in [0.717, 1.165) is 5.56 Å². The number of methoxy groups -OCH3 is 1. The Kier molecular flexibility index (Phi) is 5.32. The first-order chi connectivity index (χ1) is 8.93. The molecule has 0 aromatic heterocycles. The summed E-state index contributed by atoms with van der Waals surface area (Å²) in [5, 5.41) is 17.8. The van der Waals surface area contributed by atoms with Gasteiger partial charge in [0.15, 0.2) is 0 Å². The van der Waals surface area contributed by atoms with Crippen LogP contribution < -0.4 is 10.5 Å². The molecule has 0 unspecified atom stereocenters. The number of hydrogen-bond acceptors (Lipinski definition) is 4. The molecule has 1 aromatic rings. The van der Waals surface area contributed by atoms with E-state index in [4.69, 9.17) is 20.7 Å². The SMILES string of the molecule is COc1ccc(C[C@@H](C[C@H](N)C(=O)O)C(=O)O)cc1. The van der Waals surface area contributed by atoms with Crippen LogP contribution >= 0.6 is 0 Å². The van der Waals surface area contributed by atoms with Gasteiger partial charge in [-0.2, -0.15) is 0 Å². The number of ether oxygens (including phenoxy) is 1. The van der Waals surface area contributed by atoms with Gasteiger partial charge in [-0.05, 0) is 30.5 Å². The summed E-state index contributed by atoms with van der Waals surface area (Å²) in [5.74, 6) is -2.38. The second-order valence-corrected chi connectivity index (χ2v) is 4.27. The van der Waals surface area contributed by atoms with Crippen LogP contribution in [0.25, 0.3) is 0 Å². The van der Waals surface area contributed by atoms with Gasteiger partial charge in [0.05, 0.1) is 13.0 Å². The quantitative estimate of drug-likeness (QED) is 0.672. The van der Waals surface area contributed by atoms with Gasteiger partial charge >= 0.3 is 11.9 Å². The van der Waals surface area contributed by atoms with Gasteiger partial charge in [-0.15, -0.1) is 0 Å². The molecular formula is C13H17NO5. The number of benzene rings is 1. The van der Waals surface area contributed by atoms with E-state index >= 15 is 0 Å². The summed E-state index contributed by atoms with van der Waals surface area (Å²) in [5.41, 5.74) is 6.17. The Balaban J connectivity index is 2.72. The zero-order valence-electron chi connectivity index (χ0n) is 10.6. The van der Waals surface area contributed by atoms with E-state index in [9.17, 15) is 9.59 Å². The van der Waals surface area contributed by atoms with Crippen molar-refractivity contribution in [2.75, 3.05) is 7.11 Å². The molecule has 0 saturated carbocycles. The minimum atomic E-state index is -1.19. The van der Waals surface area contributed by atoms with E-state index in [0.29, 0.717) is 5.75 Å². The molecule has 1 rings (SSSR count). The van der Waals surface area contributed by atoms with Crippen molar-refractivity contribution in [2.45, 2.75) is 18.9 Å². The van der Waals surface area contributed by atoms with Crippen LogP contribution in [0.5, 0.6) is 5.75 Å². The van der Waals surface area contributed by atoms with Crippen LogP contribution in [-0.2, 0) is 16.0 Å². The van der Waals surface area contributed by atoms with Crippen molar-refractivity contribution >= 4 is 11.9 Å². The summed E-state index contributed by atoms with van der Waals surface area (Å²) in [7, 11) is 1.54. The monoisotopic (exact) mass is 267 g/mol. The second kappa shape index (κ2) is 6.75. The number of nitrogens with two attached hydrogens (primary N) is 1. The van der Waals surface area contributed by atoms with Gasteiger partial charge in [0.2, 0.25) is 0 Å². The third-order valence-electron chi connectivity index (χ3n) is 2.85. The van der Waals surface area contributed by atoms with Crippen molar-refractivity contribution in [3.8, 4) is 5.75 Å². The number of aliphatic carboxylic acids is 2. The Morgan fingerprint density at radius 2 is 1.79 bits per heavy atom. The van der Waals surface area contributed by atoms with Gasteiger partial charge in [-0.1, -0.05) is 12.1 Å². The zero-order valence-corrected chi connectivity index (χ0v) is 10.6. The van der Waals surface area contributed by atoms with Gasteiger partial charge in [-0.25, -0.2) is 0 Å². The molecule has 6 heteroatoms. The average molecular weight is 267 g/mol. The highest BCUT2D eigenvalue weighted by Crippen LogP contribution is 2.17. The number of hydrogen-bond donors (Lipinski definition) is 3. The summed E-state index contributed by atoms with van der Waals surface area (Å²) in [6, 6.07) is 5.79. The van der Waals surface area contributed by atoms with Crippen LogP contribution in [0.2, 0.25) is 0 Å². The fourth-order valence-corrected chi connectivity index (χ4v) is 1.72. The first kappa shape index (κ1) is 15.0. The Bertz CT molecular complexity index is 443. The van der Waals surface area contributed by atoms with E-state index in [-0.39, 0.29) is 12.8 Å². The normalized spacial score (nSPS) is 13.6. The Morgan fingerprint density at radius 1 is 1.21 bits per heavy atom. The lowest BCUT2D eigenvalue weighted by molar-refractivity contribution is -0.143. The maximum absolute atomic E-state index is 11.1. The van der Waals surface area contributed by atoms with Gasteiger partial charge in [0.1, 0.15) is 11.8 Å². The molecule has 0 fully saturated rings. The fourth-order valence-electron chi connectivity index (χ4n) is 1.72. The molecule has 0 spiro atoms. The van der Waals surface area contributed by atoms with E-state index in [1.807, 2.05) is 0 Å². The first-order valence-electron chi connectivity index (χ1n) is 5.78. The largest absolute Gasteiger partial charge is 0.497 e. The minimum absolute atomic E-state index is 0.101. The molecule has 6 nitrogen and oxygen atoms in total. The fraction of sp³-hybridized carbons (Fsp3) is 0.385. The Morgan fingerprint density at radius 3 is 2.21 bits per heavy atom. The average Bonchev–Trinajstić information content (AvgIpc) is 2.38. The number of carboxylic acids is 2. The maximum atomic E-state index is 11.1. The zero-order chi connectivity index (χ0) is 14.4. The molecule has 0 radical (unpaired) electrons. The molecule has 0 heterocycles. The molecule has 0 aliphatic heterocycles. The van der Waals surface area contributed by atoms with Gasteiger partial charge < -0.3 is 20.7 Å². The highest BCUT2D eigenvalue weighted by Gasteiger charge is 2.24. The highest BCUT2D eigenvalue weighted by molar-refractivity contribution is 5.76. The highest BCUT2D eigenvalue weighted by atomic mass is 16.5. The van der Waals surface area contributed by atoms with E-state index in [1.165, 1.54) is 0 Å². The van der Waals surface area contributed by atoms with Crippen LogP contribution in [0.4, 0.5) is 0 Å². The molecule has 104 valence electrons. The number of rotatable bonds is 7. The van der Waals surface area contributed by atoms with Crippen LogP contribution in [-0.4, -0.2) is 35.3 Å². The molecule has 0 saturated heterocycles. The molecule has 0 bridgehead atoms. The maximum Gasteiger partial charge on any atom is 0.320 e. The van der Waals surface area contributed by atoms with Crippen molar-refractivity contribution in [2.24, 2.45) is 11.7 Å². The van der Waals surface area contributed by atoms with Gasteiger partial charge in [0.25, 0.3) is 0 Å². The molecular weight excluding hydrogens is 250 g/mol. The third-order valence-corrected chi connectivity index (χ3v) is 2.85. The smallest absolute Gasteiger partial charge is 0.320 e. The molecule has 1 aromatic carbocycles. The molecule has 2 atom stereocenters. The lowest BCUT2D eigenvalue weighted by Gasteiger charge is -2.15. The van der Waals surface area contributed by atoms with Crippen LogP contribution in [0.1, 0.15) is 12.0 Å². The summed E-state index contributed by atoms with van der Waals surface area (Å²) >= 11 is 0. The lowest BCUT2D eigenvalue weighted by atomic mass is 9.93. The Labute approximate surface area is 110 Å². The van der Waals surface area contributed by atoms with E-state index < -0.39 is 23.9 Å². The van der Waals surface area contributed by atoms with Gasteiger partial charge in [-0.3, -0.25) is 9.59 Å². The van der Waals surface area contributed by atoms with E-state index in [1.54, 1.807) is 31.4 Å². The van der Waals surface area contributed by atoms with Gasteiger partial charge in [0, 0.05) is 0 Å². The number of carboxylic acid groups (broad SMARTS) is 2.